The van der Waals surface area contributed by atoms with Gasteiger partial charge in [-0.25, -0.2) is 0 Å². The highest BCUT2D eigenvalue weighted by Crippen LogP contribution is 2.26. The SMILES string of the molecule is COCCCCN1C(=O)C2CCCCN2C(=O)C1C. The Morgan fingerprint density at radius 3 is 2.74 bits per heavy atom. The van der Waals surface area contributed by atoms with Crippen molar-refractivity contribution in [2.45, 2.75) is 51.1 Å². The van der Waals surface area contributed by atoms with Crippen molar-refractivity contribution in [3.63, 3.8) is 0 Å². The lowest BCUT2D eigenvalue weighted by molar-refractivity contribution is -0.163. The van der Waals surface area contributed by atoms with Crippen molar-refractivity contribution in [3.8, 4) is 0 Å². The minimum absolute atomic E-state index is 0.121. The van der Waals surface area contributed by atoms with Crippen molar-refractivity contribution in [2.24, 2.45) is 0 Å². The van der Waals surface area contributed by atoms with E-state index >= 15 is 0 Å². The van der Waals surface area contributed by atoms with Crippen LogP contribution < -0.4 is 0 Å². The predicted octanol–water partition coefficient (Wildman–Crippen LogP) is 1.02. The Kier molecular flexibility index (Phi) is 4.80. The maximum atomic E-state index is 12.5. The molecule has 0 radical (unpaired) electrons. The minimum Gasteiger partial charge on any atom is -0.385 e. The number of hydrogen-bond donors (Lipinski definition) is 0. The molecule has 2 saturated heterocycles. The standard InChI is InChI=1S/C14H24N2O3/c1-11-13(17)16-9-4-3-7-12(16)14(18)15(11)8-5-6-10-19-2/h11-12H,3-10H2,1-2H3. The second kappa shape index (κ2) is 6.37. The highest BCUT2D eigenvalue weighted by Gasteiger charge is 2.44. The smallest absolute Gasteiger partial charge is 0.246 e. The Bertz CT molecular complexity index is 346. The molecule has 0 aliphatic carbocycles. The van der Waals surface area contributed by atoms with Crippen LogP contribution in [0.5, 0.6) is 0 Å². The monoisotopic (exact) mass is 268 g/mol. The van der Waals surface area contributed by atoms with Crippen LogP contribution in [0.25, 0.3) is 0 Å². The van der Waals surface area contributed by atoms with Crippen molar-refractivity contribution < 1.29 is 14.3 Å². The molecule has 108 valence electrons. The minimum atomic E-state index is -0.301. The molecule has 2 aliphatic rings. The first-order valence-electron chi connectivity index (χ1n) is 7.26. The molecule has 0 N–H and O–H groups in total. The topological polar surface area (TPSA) is 49.9 Å². The Balaban J connectivity index is 1.98. The molecule has 0 saturated carbocycles. The number of unbranched alkanes of at least 4 members (excludes halogenated alkanes) is 1. The zero-order chi connectivity index (χ0) is 13.8. The van der Waals surface area contributed by atoms with Gasteiger partial charge in [-0.05, 0) is 39.0 Å². The third-order valence-corrected chi connectivity index (χ3v) is 4.18. The summed E-state index contributed by atoms with van der Waals surface area (Å²) in [4.78, 5) is 28.4. The van der Waals surface area contributed by atoms with Crippen LogP contribution in [0.4, 0.5) is 0 Å². The molecule has 0 aromatic rings. The molecule has 2 atom stereocenters. The van der Waals surface area contributed by atoms with Gasteiger partial charge in [0.15, 0.2) is 0 Å². The third-order valence-electron chi connectivity index (χ3n) is 4.18. The lowest BCUT2D eigenvalue weighted by atomic mass is 9.95. The van der Waals surface area contributed by atoms with Gasteiger partial charge in [-0.15, -0.1) is 0 Å². The van der Waals surface area contributed by atoms with Gasteiger partial charge in [0, 0.05) is 26.8 Å². The van der Waals surface area contributed by atoms with Crippen LogP contribution in [-0.2, 0) is 14.3 Å². The second-order valence-corrected chi connectivity index (χ2v) is 5.45. The van der Waals surface area contributed by atoms with Crippen LogP contribution in [0.1, 0.15) is 39.0 Å². The van der Waals surface area contributed by atoms with Crippen molar-refractivity contribution in [1.82, 2.24) is 9.80 Å². The van der Waals surface area contributed by atoms with E-state index in [1.807, 2.05) is 6.92 Å². The summed E-state index contributed by atoms with van der Waals surface area (Å²) in [6, 6.07) is -0.496. The molecule has 5 heteroatoms. The predicted molar refractivity (Wildman–Crippen MR) is 71.6 cm³/mol. The Hall–Kier alpha value is -1.10. The summed E-state index contributed by atoms with van der Waals surface area (Å²) in [5, 5.41) is 0. The molecule has 2 fully saturated rings. The van der Waals surface area contributed by atoms with Crippen LogP contribution in [0.3, 0.4) is 0 Å². The number of amides is 2. The van der Waals surface area contributed by atoms with E-state index in [1.54, 1.807) is 16.9 Å². The molecular formula is C14H24N2O3. The number of rotatable bonds is 5. The first-order chi connectivity index (χ1) is 9.16. The molecule has 0 aromatic heterocycles. The van der Waals surface area contributed by atoms with E-state index in [-0.39, 0.29) is 23.9 Å². The van der Waals surface area contributed by atoms with E-state index < -0.39 is 0 Å². The fraction of sp³-hybridized carbons (Fsp3) is 0.857. The van der Waals surface area contributed by atoms with Gasteiger partial charge in [-0.2, -0.15) is 0 Å². The molecule has 2 unspecified atom stereocenters. The lowest BCUT2D eigenvalue weighted by Crippen LogP contribution is -2.65. The summed E-state index contributed by atoms with van der Waals surface area (Å²) in [5.41, 5.74) is 0. The van der Waals surface area contributed by atoms with E-state index in [0.29, 0.717) is 13.2 Å². The first-order valence-corrected chi connectivity index (χ1v) is 7.26. The average molecular weight is 268 g/mol. The maximum absolute atomic E-state index is 12.5. The molecule has 0 aromatic carbocycles. The van der Waals surface area contributed by atoms with Crippen molar-refractivity contribution >= 4 is 11.8 Å². The number of carbonyl (C=O) groups excluding carboxylic acids is 2. The molecule has 0 spiro atoms. The maximum Gasteiger partial charge on any atom is 0.246 e. The number of carbonyl (C=O) groups is 2. The van der Waals surface area contributed by atoms with Gasteiger partial charge in [0.1, 0.15) is 12.1 Å². The Morgan fingerprint density at radius 1 is 1.21 bits per heavy atom. The highest BCUT2D eigenvalue weighted by molar-refractivity contribution is 5.96. The quantitative estimate of drug-likeness (QED) is 0.700. The summed E-state index contributed by atoms with van der Waals surface area (Å²) >= 11 is 0. The summed E-state index contributed by atoms with van der Waals surface area (Å²) in [7, 11) is 1.68. The Morgan fingerprint density at radius 2 is 2.00 bits per heavy atom. The average Bonchev–Trinajstić information content (AvgIpc) is 2.44. The molecular weight excluding hydrogens is 244 g/mol. The van der Waals surface area contributed by atoms with Crippen molar-refractivity contribution in [2.75, 3.05) is 26.8 Å². The van der Waals surface area contributed by atoms with E-state index in [2.05, 4.69) is 0 Å². The summed E-state index contributed by atoms with van der Waals surface area (Å²) < 4.78 is 5.01. The summed E-state index contributed by atoms with van der Waals surface area (Å²) in [6.45, 7) is 3.97. The molecule has 5 nitrogen and oxygen atoms in total. The lowest BCUT2D eigenvalue weighted by Gasteiger charge is -2.46. The number of ether oxygens (including phenoxy) is 1. The fourth-order valence-corrected chi connectivity index (χ4v) is 3.04. The first kappa shape index (κ1) is 14.3. The molecule has 2 aliphatic heterocycles. The second-order valence-electron chi connectivity index (χ2n) is 5.45. The number of nitrogens with zero attached hydrogens (tertiary/aromatic N) is 2. The van der Waals surface area contributed by atoms with E-state index in [4.69, 9.17) is 4.74 Å². The largest absolute Gasteiger partial charge is 0.385 e. The number of hydrogen-bond acceptors (Lipinski definition) is 3. The van der Waals surface area contributed by atoms with Gasteiger partial charge in [0.05, 0.1) is 0 Å². The number of piperidine rings is 1. The van der Waals surface area contributed by atoms with Gasteiger partial charge in [0.2, 0.25) is 11.8 Å². The van der Waals surface area contributed by atoms with Crippen molar-refractivity contribution in [3.05, 3.63) is 0 Å². The van der Waals surface area contributed by atoms with Gasteiger partial charge in [-0.3, -0.25) is 9.59 Å². The van der Waals surface area contributed by atoms with Crippen LogP contribution in [0.2, 0.25) is 0 Å². The third kappa shape index (κ3) is 2.91. The number of methoxy groups -OCH3 is 1. The van der Waals surface area contributed by atoms with E-state index in [1.165, 1.54) is 0 Å². The number of fused-ring (bicyclic) bond motifs is 1. The molecule has 2 heterocycles. The molecule has 0 bridgehead atoms. The normalized spacial score (nSPS) is 27.7. The van der Waals surface area contributed by atoms with Crippen LogP contribution in [0, 0.1) is 0 Å². The zero-order valence-corrected chi connectivity index (χ0v) is 11.9. The molecule has 2 rings (SSSR count). The van der Waals surface area contributed by atoms with E-state index in [0.717, 1.165) is 38.6 Å². The van der Waals surface area contributed by atoms with Crippen LogP contribution >= 0.6 is 0 Å². The van der Waals surface area contributed by atoms with Crippen LogP contribution in [-0.4, -0.2) is 60.5 Å². The summed E-state index contributed by atoms with van der Waals surface area (Å²) in [6.07, 6.45) is 4.72. The van der Waals surface area contributed by atoms with E-state index in [9.17, 15) is 9.59 Å². The Labute approximate surface area is 114 Å². The number of piperazine rings is 1. The fourth-order valence-electron chi connectivity index (χ4n) is 3.04. The van der Waals surface area contributed by atoms with Gasteiger partial charge in [0.25, 0.3) is 0 Å². The van der Waals surface area contributed by atoms with Gasteiger partial charge < -0.3 is 14.5 Å². The highest BCUT2D eigenvalue weighted by atomic mass is 16.5. The summed E-state index contributed by atoms with van der Waals surface area (Å²) in [5.74, 6) is 0.264. The molecule has 19 heavy (non-hydrogen) atoms. The van der Waals surface area contributed by atoms with Crippen LogP contribution in [0.15, 0.2) is 0 Å². The zero-order valence-electron chi connectivity index (χ0n) is 11.9. The van der Waals surface area contributed by atoms with Crippen molar-refractivity contribution in [1.29, 1.82) is 0 Å². The van der Waals surface area contributed by atoms with Gasteiger partial charge >= 0.3 is 0 Å². The van der Waals surface area contributed by atoms with Gasteiger partial charge in [-0.1, -0.05) is 0 Å². The molecule has 2 amide bonds.